The molecule has 1 rings (SSSR count). The van der Waals surface area contributed by atoms with Gasteiger partial charge in [0, 0.05) is 25.2 Å². The monoisotopic (exact) mass is 195 g/mol. The Morgan fingerprint density at radius 3 is 2.93 bits per heavy atom. The Labute approximate surface area is 86.3 Å². The minimum Gasteiger partial charge on any atom is -0.337 e. The molecule has 0 spiro atoms. The largest absolute Gasteiger partial charge is 0.337 e. The van der Waals surface area contributed by atoms with Crippen LogP contribution in [0.4, 0.5) is 0 Å². The molecule has 1 aromatic heterocycles. The summed E-state index contributed by atoms with van der Waals surface area (Å²) in [5, 5.41) is 0. The summed E-state index contributed by atoms with van der Waals surface area (Å²) in [5.74, 6) is 0. The van der Waals surface area contributed by atoms with Crippen LogP contribution in [0.5, 0.6) is 0 Å². The summed E-state index contributed by atoms with van der Waals surface area (Å²) < 4.78 is 2.15. The molecule has 0 radical (unpaired) electrons. The topological polar surface area (TPSA) is 43.8 Å². The molecule has 0 aliphatic heterocycles. The fraction of sp³-hybridized carbons (Fsp3) is 0.727. The lowest BCUT2D eigenvalue weighted by molar-refractivity contribution is 0.624. The van der Waals surface area contributed by atoms with Crippen molar-refractivity contribution in [2.75, 3.05) is 0 Å². The maximum absolute atomic E-state index is 5.87. The minimum atomic E-state index is 0.254. The van der Waals surface area contributed by atoms with Gasteiger partial charge in [-0.05, 0) is 12.8 Å². The van der Waals surface area contributed by atoms with E-state index in [1.807, 2.05) is 6.33 Å². The van der Waals surface area contributed by atoms with Gasteiger partial charge in [0.15, 0.2) is 0 Å². The third-order valence-electron chi connectivity index (χ3n) is 2.45. The highest BCUT2D eigenvalue weighted by atomic mass is 15.0. The lowest BCUT2D eigenvalue weighted by Gasteiger charge is -2.04. The summed E-state index contributed by atoms with van der Waals surface area (Å²) in [6.45, 7) is 5.38. The highest BCUT2D eigenvalue weighted by molar-refractivity contribution is 4.99. The Hall–Kier alpha value is -0.830. The number of rotatable bonds is 6. The van der Waals surface area contributed by atoms with Crippen molar-refractivity contribution in [3.8, 4) is 0 Å². The van der Waals surface area contributed by atoms with E-state index in [-0.39, 0.29) is 6.04 Å². The maximum Gasteiger partial charge on any atom is 0.0949 e. The number of unbranched alkanes of at least 4 members (excludes halogenated alkanes) is 1. The maximum atomic E-state index is 5.87. The normalized spacial score (nSPS) is 13.1. The van der Waals surface area contributed by atoms with Gasteiger partial charge in [0.2, 0.25) is 0 Å². The van der Waals surface area contributed by atoms with Crippen molar-refractivity contribution in [3.05, 3.63) is 18.2 Å². The van der Waals surface area contributed by atoms with Crippen LogP contribution in [0.3, 0.4) is 0 Å². The second-order valence-corrected chi connectivity index (χ2v) is 3.83. The van der Waals surface area contributed by atoms with E-state index in [4.69, 9.17) is 5.73 Å². The van der Waals surface area contributed by atoms with Gasteiger partial charge in [0.25, 0.3) is 0 Å². The molecule has 1 unspecified atom stereocenters. The van der Waals surface area contributed by atoms with Crippen LogP contribution in [0.25, 0.3) is 0 Å². The van der Waals surface area contributed by atoms with E-state index >= 15 is 0 Å². The standard InChI is InChI=1S/C11H21N3/c1-3-5-6-14-8-11(13-9-14)7-10(12)4-2/h8-10H,3-7,12H2,1-2H3. The molecule has 0 amide bonds. The average Bonchev–Trinajstić information content (AvgIpc) is 2.62. The molecule has 3 nitrogen and oxygen atoms in total. The van der Waals surface area contributed by atoms with Crippen molar-refractivity contribution in [1.82, 2.24) is 9.55 Å². The highest BCUT2D eigenvalue weighted by Gasteiger charge is 2.03. The molecular weight excluding hydrogens is 174 g/mol. The van der Waals surface area contributed by atoms with Gasteiger partial charge in [-0.25, -0.2) is 4.98 Å². The number of hydrogen-bond acceptors (Lipinski definition) is 2. The van der Waals surface area contributed by atoms with Crippen LogP contribution in [0.1, 0.15) is 38.8 Å². The molecule has 3 heteroatoms. The van der Waals surface area contributed by atoms with Crippen LogP contribution in [0, 0.1) is 0 Å². The van der Waals surface area contributed by atoms with E-state index in [0.29, 0.717) is 0 Å². The van der Waals surface area contributed by atoms with Crippen LogP contribution in [-0.4, -0.2) is 15.6 Å². The number of hydrogen-bond donors (Lipinski definition) is 1. The van der Waals surface area contributed by atoms with Crippen molar-refractivity contribution < 1.29 is 0 Å². The van der Waals surface area contributed by atoms with Gasteiger partial charge in [0.1, 0.15) is 0 Å². The van der Waals surface area contributed by atoms with Gasteiger partial charge in [-0.2, -0.15) is 0 Å². The molecule has 0 aromatic carbocycles. The summed E-state index contributed by atoms with van der Waals surface area (Å²) in [6.07, 6.45) is 8.38. The summed E-state index contributed by atoms with van der Waals surface area (Å²) in [6, 6.07) is 0.254. The lowest BCUT2D eigenvalue weighted by atomic mass is 10.1. The van der Waals surface area contributed by atoms with Gasteiger partial charge in [0.05, 0.1) is 12.0 Å². The van der Waals surface area contributed by atoms with Crippen LogP contribution in [0.15, 0.2) is 12.5 Å². The number of nitrogens with two attached hydrogens (primary N) is 1. The molecule has 0 saturated heterocycles. The number of aromatic nitrogens is 2. The van der Waals surface area contributed by atoms with E-state index in [0.717, 1.165) is 25.1 Å². The molecule has 1 atom stereocenters. The van der Waals surface area contributed by atoms with Gasteiger partial charge >= 0.3 is 0 Å². The predicted molar refractivity (Wildman–Crippen MR) is 59.1 cm³/mol. The third kappa shape index (κ3) is 3.50. The van der Waals surface area contributed by atoms with Crippen LogP contribution < -0.4 is 5.73 Å². The van der Waals surface area contributed by atoms with Crippen LogP contribution in [-0.2, 0) is 13.0 Å². The first-order valence-electron chi connectivity index (χ1n) is 5.52. The summed E-state index contributed by atoms with van der Waals surface area (Å²) in [4.78, 5) is 4.34. The van der Waals surface area contributed by atoms with Gasteiger partial charge in [-0.3, -0.25) is 0 Å². The van der Waals surface area contributed by atoms with E-state index in [1.54, 1.807) is 0 Å². The first-order chi connectivity index (χ1) is 6.76. The second kappa shape index (κ2) is 5.81. The predicted octanol–water partition coefficient (Wildman–Crippen LogP) is 1.96. The zero-order chi connectivity index (χ0) is 10.4. The molecule has 0 bridgehead atoms. The number of aryl methyl sites for hydroxylation is 1. The molecule has 0 fully saturated rings. The van der Waals surface area contributed by atoms with Crippen molar-refractivity contribution in [3.63, 3.8) is 0 Å². The summed E-state index contributed by atoms with van der Waals surface area (Å²) >= 11 is 0. The Morgan fingerprint density at radius 2 is 2.29 bits per heavy atom. The van der Waals surface area contributed by atoms with Crippen molar-refractivity contribution in [2.45, 2.75) is 52.1 Å². The second-order valence-electron chi connectivity index (χ2n) is 3.83. The summed E-state index contributed by atoms with van der Waals surface area (Å²) in [7, 11) is 0. The number of nitrogens with zero attached hydrogens (tertiary/aromatic N) is 2. The first kappa shape index (κ1) is 11.2. The molecule has 80 valence electrons. The van der Waals surface area contributed by atoms with Crippen LogP contribution >= 0.6 is 0 Å². The van der Waals surface area contributed by atoms with E-state index in [2.05, 4.69) is 29.6 Å². The van der Waals surface area contributed by atoms with E-state index in [1.165, 1.54) is 12.8 Å². The average molecular weight is 195 g/mol. The first-order valence-corrected chi connectivity index (χ1v) is 5.52. The molecule has 0 aliphatic carbocycles. The van der Waals surface area contributed by atoms with Crippen molar-refractivity contribution in [1.29, 1.82) is 0 Å². The van der Waals surface area contributed by atoms with Gasteiger partial charge < -0.3 is 10.3 Å². The molecular formula is C11H21N3. The molecule has 0 saturated carbocycles. The molecule has 2 N–H and O–H groups in total. The zero-order valence-corrected chi connectivity index (χ0v) is 9.24. The summed E-state index contributed by atoms with van der Waals surface area (Å²) in [5.41, 5.74) is 6.99. The fourth-order valence-corrected chi connectivity index (χ4v) is 1.39. The van der Waals surface area contributed by atoms with Crippen molar-refractivity contribution >= 4 is 0 Å². The lowest BCUT2D eigenvalue weighted by Crippen LogP contribution is -2.21. The minimum absolute atomic E-state index is 0.254. The molecule has 0 aliphatic rings. The third-order valence-corrected chi connectivity index (χ3v) is 2.45. The smallest absolute Gasteiger partial charge is 0.0949 e. The highest BCUT2D eigenvalue weighted by Crippen LogP contribution is 2.03. The quantitative estimate of drug-likeness (QED) is 0.754. The number of imidazole rings is 1. The molecule has 1 heterocycles. The van der Waals surface area contributed by atoms with Crippen LogP contribution in [0.2, 0.25) is 0 Å². The Morgan fingerprint density at radius 1 is 1.50 bits per heavy atom. The zero-order valence-electron chi connectivity index (χ0n) is 9.24. The fourth-order valence-electron chi connectivity index (χ4n) is 1.39. The molecule has 14 heavy (non-hydrogen) atoms. The SMILES string of the molecule is CCCCn1cnc(CC(N)CC)c1. The molecule has 1 aromatic rings. The Kier molecular flexibility index (Phi) is 4.66. The Balaban J connectivity index is 2.42. The van der Waals surface area contributed by atoms with Gasteiger partial charge in [-0.15, -0.1) is 0 Å². The van der Waals surface area contributed by atoms with E-state index < -0.39 is 0 Å². The Bertz CT molecular complexity index is 255. The van der Waals surface area contributed by atoms with Gasteiger partial charge in [-0.1, -0.05) is 20.3 Å². The van der Waals surface area contributed by atoms with Crippen molar-refractivity contribution in [2.24, 2.45) is 5.73 Å². The van der Waals surface area contributed by atoms with E-state index in [9.17, 15) is 0 Å².